The van der Waals surface area contributed by atoms with Crippen molar-refractivity contribution >= 4 is 28.8 Å². The van der Waals surface area contributed by atoms with Crippen LogP contribution in [0.15, 0.2) is 109 Å². The van der Waals surface area contributed by atoms with Crippen LogP contribution in [0.25, 0.3) is 0 Å². The van der Waals surface area contributed by atoms with Crippen LogP contribution in [-0.4, -0.2) is 8.07 Å². The van der Waals surface area contributed by atoms with Crippen LogP contribution < -0.4 is 20.7 Å². The molecule has 0 amide bonds. The molecule has 0 bridgehead atoms. The van der Waals surface area contributed by atoms with Gasteiger partial charge in [0.25, 0.3) is 0 Å². The SMILES string of the molecule is Cc1ccc([Si](c2ccccc2)(c2ccccc2)c2cccc(C(C)(C)C)c2)cc1. The number of rotatable bonds is 4. The van der Waals surface area contributed by atoms with E-state index < -0.39 is 8.07 Å². The Hall–Kier alpha value is -2.90. The van der Waals surface area contributed by atoms with Gasteiger partial charge in [0.2, 0.25) is 0 Å². The van der Waals surface area contributed by atoms with E-state index in [4.69, 9.17) is 0 Å². The third-order valence-electron chi connectivity index (χ3n) is 6.06. The first-order chi connectivity index (χ1) is 14.4. The Balaban J connectivity index is 2.12. The lowest BCUT2D eigenvalue weighted by Crippen LogP contribution is -2.74. The Morgan fingerprint density at radius 3 is 1.47 bits per heavy atom. The number of aryl methyl sites for hydroxylation is 1. The van der Waals surface area contributed by atoms with Crippen molar-refractivity contribution in [3.05, 3.63) is 120 Å². The van der Waals surface area contributed by atoms with Crippen molar-refractivity contribution in [2.24, 2.45) is 0 Å². The van der Waals surface area contributed by atoms with E-state index in [9.17, 15) is 0 Å². The monoisotopic (exact) mass is 406 g/mol. The molecule has 0 unspecified atom stereocenters. The molecule has 0 fully saturated rings. The van der Waals surface area contributed by atoms with Crippen molar-refractivity contribution in [2.45, 2.75) is 33.1 Å². The fourth-order valence-corrected chi connectivity index (χ4v) is 9.17. The van der Waals surface area contributed by atoms with Gasteiger partial charge >= 0.3 is 0 Å². The number of hydrogen-bond acceptors (Lipinski definition) is 0. The maximum Gasteiger partial charge on any atom is 0.179 e. The average Bonchev–Trinajstić information content (AvgIpc) is 2.77. The highest BCUT2D eigenvalue weighted by Gasteiger charge is 2.41. The van der Waals surface area contributed by atoms with Crippen molar-refractivity contribution in [2.75, 3.05) is 0 Å². The van der Waals surface area contributed by atoms with E-state index >= 15 is 0 Å². The Bertz CT molecular complexity index is 1060. The summed E-state index contributed by atoms with van der Waals surface area (Å²) in [7, 11) is -2.43. The molecule has 30 heavy (non-hydrogen) atoms. The molecule has 4 aromatic carbocycles. The molecule has 150 valence electrons. The van der Waals surface area contributed by atoms with Crippen molar-refractivity contribution in [1.29, 1.82) is 0 Å². The average molecular weight is 407 g/mol. The third-order valence-corrected chi connectivity index (χ3v) is 10.8. The lowest BCUT2D eigenvalue weighted by atomic mass is 9.87. The Labute approximate surface area is 182 Å². The van der Waals surface area contributed by atoms with Crippen molar-refractivity contribution < 1.29 is 0 Å². The third kappa shape index (κ3) is 3.66. The molecule has 4 rings (SSSR count). The summed E-state index contributed by atoms with van der Waals surface area (Å²) < 4.78 is 0. The zero-order chi connectivity index (χ0) is 21.2. The first-order valence-electron chi connectivity index (χ1n) is 10.7. The van der Waals surface area contributed by atoms with E-state index in [0.29, 0.717) is 0 Å². The van der Waals surface area contributed by atoms with E-state index in [-0.39, 0.29) is 5.41 Å². The second-order valence-corrected chi connectivity index (χ2v) is 13.0. The van der Waals surface area contributed by atoms with Crippen LogP contribution in [0.4, 0.5) is 0 Å². The molecule has 4 aromatic rings. The van der Waals surface area contributed by atoms with Crippen LogP contribution in [0.1, 0.15) is 31.9 Å². The van der Waals surface area contributed by atoms with E-state index in [0.717, 1.165) is 0 Å². The van der Waals surface area contributed by atoms with Crippen LogP contribution in [0.3, 0.4) is 0 Å². The molecule has 0 aromatic heterocycles. The minimum absolute atomic E-state index is 0.108. The Morgan fingerprint density at radius 1 is 0.500 bits per heavy atom. The Morgan fingerprint density at radius 2 is 0.967 bits per heavy atom. The first-order valence-corrected chi connectivity index (χ1v) is 12.7. The fraction of sp³-hybridized carbons (Fsp3) is 0.172. The normalized spacial score (nSPS) is 12.0. The summed E-state index contributed by atoms with van der Waals surface area (Å²) in [5.74, 6) is 0. The summed E-state index contributed by atoms with van der Waals surface area (Å²) >= 11 is 0. The van der Waals surface area contributed by atoms with Crippen molar-refractivity contribution in [3.8, 4) is 0 Å². The lowest BCUT2D eigenvalue weighted by molar-refractivity contribution is 0.591. The zero-order valence-corrected chi connectivity index (χ0v) is 19.4. The maximum atomic E-state index is 2.46. The molecule has 0 radical (unpaired) electrons. The van der Waals surface area contributed by atoms with Gasteiger partial charge in [-0.25, -0.2) is 0 Å². The van der Waals surface area contributed by atoms with E-state index in [1.54, 1.807) is 0 Å². The van der Waals surface area contributed by atoms with Gasteiger partial charge in [0, 0.05) is 0 Å². The molecule has 0 atom stereocenters. The highest BCUT2D eigenvalue weighted by atomic mass is 28.3. The summed E-state index contributed by atoms with van der Waals surface area (Å²) in [5.41, 5.74) is 2.79. The Kier molecular flexibility index (Phi) is 5.49. The lowest BCUT2D eigenvalue weighted by Gasteiger charge is -2.35. The second kappa shape index (κ2) is 8.08. The molecule has 0 heterocycles. The van der Waals surface area contributed by atoms with E-state index in [1.807, 2.05) is 0 Å². The van der Waals surface area contributed by atoms with Crippen molar-refractivity contribution in [3.63, 3.8) is 0 Å². The second-order valence-electron chi connectivity index (χ2n) is 9.18. The number of hydrogen-bond donors (Lipinski definition) is 0. The van der Waals surface area contributed by atoms with Gasteiger partial charge < -0.3 is 0 Å². The van der Waals surface area contributed by atoms with Crippen molar-refractivity contribution in [1.82, 2.24) is 0 Å². The quantitative estimate of drug-likeness (QED) is 0.341. The molecular weight excluding hydrogens is 376 g/mol. The molecule has 0 saturated heterocycles. The number of benzene rings is 4. The minimum Gasteiger partial charge on any atom is -0.0623 e. The van der Waals surface area contributed by atoms with Gasteiger partial charge in [-0.3, -0.25) is 0 Å². The summed E-state index contributed by atoms with van der Waals surface area (Å²) in [6.45, 7) is 9.06. The van der Waals surface area contributed by atoms with Crippen LogP contribution in [0, 0.1) is 6.92 Å². The zero-order valence-electron chi connectivity index (χ0n) is 18.4. The van der Waals surface area contributed by atoms with Crippen LogP contribution in [0.2, 0.25) is 0 Å². The van der Waals surface area contributed by atoms with Gasteiger partial charge in [-0.15, -0.1) is 0 Å². The molecule has 0 nitrogen and oxygen atoms in total. The largest absolute Gasteiger partial charge is 0.179 e. The molecule has 1 heteroatoms. The topological polar surface area (TPSA) is 0 Å². The molecule has 0 spiro atoms. The predicted molar refractivity (Wildman–Crippen MR) is 133 cm³/mol. The van der Waals surface area contributed by atoms with Gasteiger partial charge in [0.1, 0.15) is 0 Å². The van der Waals surface area contributed by atoms with Gasteiger partial charge in [0.15, 0.2) is 8.07 Å². The van der Waals surface area contributed by atoms with Gasteiger partial charge in [-0.2, -0.15) is 0 Å². The molecular formula is C29H30Si. The van der Waals surface area contributed by atoms with E-state index in [2.05, 4.69) is 137 Å². The highest BCUT2D eigenvalue weighted by Crippen LogP contribution is 2.22. The maximum absolute atomic E-state index is 2.46. The first kappa shape index (κ1) is 20.4. The highest BCUT2D eigenvalue weighted by molar-refractivity contribution is 7.19. The molecule has 0 saturated carbocycles. The molecule has 0 aliphatic carbocycles. The van der Waals surface area contributed by atoms with Crippen LogP contribution >= 0.6 is 0 Å². The smallest absolute Gasteiger partial charge is 0.0623 e. The summed E-state index contributed by atoms with van der Waals surface area (Å²) in [6, 6.07) is 40.8. The minimum atomic E-state index is -2.43. The van der Waals surface area contributed by atoms with Gasteiger partial charge in [-0.05, 0) is 38.6 Å². The van der Waals surface area contributed by atoms with Gasteiger partial charge in [-0.1, -0.05) is 136 Å². The standard InChI is InChI=1S/C29H30Si/c1-23-18-20-27(21-19-23)30(25-13-7-5-8-14-25,26-15-9-6-10-16-26)28-17-11-12-24(22-28)29(2,3)4/h5-22H,1-4H3. The van der Waals surface area contributed by atoms with Crippen LogP contribution in [0.5, 0.6) is 0 Å². The van der Waals surface area contributed by atoms with Crippen LogP contribution in [-0.2, 0) is 5.41 Å². The summed E-state index contributed by atoms with van der Waals surface area (Å²) in [4.78, 5) is 0. The summed E-state index contributed by atoms with van der Waals surface area (Å²) in [5, 5.41) is 5.71. The molecule has 0 N–H and O–H groups in total. The van der Waals surface area contributed by atoms with E-state index in [1.165, 1.54) is 31.9 Å². The molecule has 0 aliphatic rings. The van der Waals surface area contributed by atoms with Gasteiger partial charge in [0.05, 0.1) is 0 Å². The summed E-state index contributed by atoms with van der Waals surface area (Å²) in [6.07, 6.45) is 0. The molecule has 0 aliphatic heterocycles. The predicted octanol–water partition coefficient (Wildman–Crippen LogP) is 4.67. The fourth-order valence-electron chi connectivity index (χ4n) is 4.40.